The van der Waals surface area contributed by atoms with Crippen LogP contribution in [-0.4, -0.2) is 33.3 Å². The molecule has 2 N–H and O–H groups in total. The monoisotopic (exact) mass is 261 g/mol. The van der Waals surface area contributed by atoms with Crippen LogP contribution >= 0.6 is 0 Å². The number of aliphatic imine (C=N–C) groups is 1. The standard InChI is InChI=1S/C13H15N3O3/c1-3-6-13(2)12(19)15-10(16-13)9-8(11(17)18)5-4-7-14-9/h4-5,7H,3,6H2,1-2H3,(H,17,18)(H,15,16,19). The fourth-order valence-electron chi connectivity index (χ4n) is 2.10. The van der Waals surface area contributed by atoms with Gasteiger partial charge in [-0.2, -0.15) is 0 Å². The number of nitrogens with one attached hydrogen (secondary N) is 1. The summed E-state index contributed by atoms with van der Waals surface area (Å²) in [6.07, 6.45) is 2.90. The van der Waals surface area contributed by atoms with Crippen molar-refractivity contribution in [3.63, 3.8) is 0 Å². The van der Waals surface area contributed by atoms with Gasteiger partial charge >= 0.3 is 5.97 Å². The number of pyridine rings is 1. The van der Waals surface area contributed by atoms with Crippen molar-refractivity contribution in [2.45, 2.75) is 32.2 Å². The van der Waals surface area contributed by atoms with Gasteiger partial charge in [0.05, 0.1) is 5.56 Å². The van der Waals surface area contributed by atoms with Crippen LogP contribution in [0.2, 0.25) is 0 Å². The summed E-state index contributed by atoms with van der Waals surface area (Å²) in [6, 6.07) is 2.98. The van der Waals surface area contributed by atoms with E-state index in [4.69, 9.17) is 5.11 Å². The lowest BCUT2D eigenvalue weighted by Crippen LogP contribution is -2.37. The third-order valence-corrected chi connectivity index (χ3v) is 3.08. The molecule has 1 aromatic heterocycles. The average molecular weight is 261 g/mol. The molecule has 2 rings (SSSR count). The zero-order valence-corrected chi connectivity index (χ0v) is 10.8. The Bertz CT molecular complexity index is 568. The molecule has 1 atom stereocenters. The Balaban J connectivity index is 2.44. The van der Waals surface area contributed by atoms with Crippen LogP contribution in [-0.2, 0) is 4.79 Å². The Morgan fingerprint density at radius 3 is 2.89 bits per heavy atom. The Labute approximate surface area is 110 Å². The van der Waals surface area contributed by atoms with Crippen LogP contribution in [0.15, 0.2) is 23.3 Å². The molecule has 0 radical (unpaired) electrons. The van der Waals surface area contributed by atoms with Crippen molar-refractivity contribution in [2.24, 2.45) is 4.99 Å². The number of hydrogen-bond acceptors (Lipinski definition) is 4. The Morgan fingerprint density at radius 1 is 1.53 bits per heavy atom. The zero-order chi connectivity index (χ0) is 14.0. The number of amidine groups is 1. The van der Waals surface area contributed by atoms with Crippen molar-refractivity contribution in [1.82, 2.24) is 10.3 Å². The SMILES string of the molecule is CCCC1(C)N=C(c2ncccc2C(=O)O)NC1=O. The third-order valence-electron chi connectivity index (χ3n) is 3.08. The molecule has 0 aromatic carbocycles. The maximum absolute atomic E-state index is 11.9. The van der Waals surface area contributed by atoms with Crippen LogP contribution in [0.25, 0.3) is 0 Å². The number of carboxylic acids is 1. The second-order valence-electron chi connectivity index (χ2n) is 4.64. The van der Waals surface area contributed by atoms with E-state index in [1.165, 1.54) is 18.3 Å². The molecule has 0 spiro atoms. The highest BCUT2D eigenvalue weighted by molar-refractivity contribution is 6.17. The third kappa shape index (κ3) is 2.33. The molecule has 0 bridgehead atoms. The van der Waals surface area contributed by atoms with Gasteiger partial charge < -0.3 is 10.4 Å². The molecule has 19 heavy (non-hydrogen) atoms. The van der Waals surface area contributed by atoms with Gasteiger partial charge in [-0.1, -0.05) is 13.3 Å². The Hall–Kier alpha value is -2.24. The number of aromatic nitrogens is 1. The summed E-state index contributed by atoms with van der Waals surface area (Å²) in [4.78, 5) is 31.4. The maximum atomic E-state index is 11.9. The lowest BCUT2D eigenvalue weighted by atomic mass is 9.97. The van der Waals surface area contributed by atoms with Gasteiger partial charge in [-0.05, 0) is 25.5 Å². The first-order chi connectivity index (χ1) is 8.98. The lowest BCUT2D eigenvalue weighted by Gasteiger charge is -2.15. The van der Waals surface area contributed by atoms with E-state index in [9.17, 15) is 9.59 Å². The number of carbonyl (C=O) groups excluding carboxylic acids is 1. The number of carboxylic acid groups (broad SMARTS) is 1. The summed E-state index contributed by atoms with van der Waals surface area (Å²) in [5.41, 5.74) is -0.609. The van der Waals surface area contributed by atoms with Gasteiger partial charge in [-0.3, -0.25) is 9.78 Å². The molecule has 0 saturated heterocycles. The van der Waals surface area contributed by atoms with Crippen molar-refractivity contribution >= 4 is 17.7 Å². The van der Waals surface area contributed by atoms with Crippen LogP contribution in [0.4, 0.5) is 0 Å². The fourth-order valence-corrected chi connectivity index (χ4v) is 2.10. The number of amides is 1. The van der Waals surface area contributed by atoms with Crippen LogP contribution in [0, 0.1) is 0 Å². The van der Waals surface area contributed by atoms with Gasteiger partial charge in [0.25, 0.3) is 5.91 Å². The van der Waals surface area contributed by atoms with E-state index in [0.29, 0.717) is 6.42 Å². The fraction of sp³-hybridized carbons (Fsp3) is 0.385. The number of nitrogens with zero attached hydrogens (tertiary/aromatic N) is 2. The minimum atomic E-state index is -1.09. The Kier molecular flexibility index (Phi) is 3.33. The molecule has 6 heteroatoms. The molecule has 1 amide bonds. The summed E-state index contributed by atoms with van der Waals surface area (Å²) in [5.74, 6) is -1.07. The normalized spacial score (nSPS) is 22.0. The van der Waals surface area contributed by atoms with Crippen molar-refractivity contribution < 1.29 is 14.7 Å². The van der Waals surface area contributed by atoms with E-state index < -0.39 is 11.5 Å². The minimum absolute atomic E-state index is 0.0299. The zero-order valence-electron chi connectivity index (χ0n) is 10.8. The lowest BCUT2D eigenvalue weighted by molar-refractivity contribution is -0.123. The van der Waals surface area contributed by atoms with E-state index in [-0.39, 0.29) is 23.0 Å². The second kappa shape index (κ2) is 4.79. The van der Waals surface area contributed by atoms with Gasteiger partial charge in [0.2, 0.25) is 0 Å². The summed E-state index contributed by atoms with van der Waals surface area (Å²) >= 11 is 0. The predicted molar refractivity (Wildman–Crippen MR) is 69.2 cm³/mol. The molecule has 0 fully saturated rings. The number of rotatable bonds is 4. The summed E-state index contributed by atoms with van der Waals surface area (Å²) in [7, 11) is 0. The van der Waals surface area contributed by atoms with Gasteiger partial charge in [-0.15, -0.1) is 0 Å². The van der Waals surface area contributed by atoms with Crippen molar-refractivity contribution in [3.8, 4) is 0 Å². The topological polar surface area (TPSA) is 91.7 Å². The smallest absolute Gasteiger partial charge is 0.338 e. The Morgan fingerprint density at radius 2 is 2.26 bits per heavy atom. The average Bonchev–Trinajstić information content (AvgIpc) is 2.66. The van der Waals surface area contributed by atoms with Crippen molar-refractivity contribution in [1.29, 1.82) is 0 Å². The first-order valence-electron chi connectivity index (χ1n) is 6.08. The summed E-state index contributed by atoms with van der Waals surface area (Å²) in [6.45, 7) is 3.71. The van der Waals surface area contributed by atoms with Gasteiger partial charge in [-0.25, -0.2) is 9.79 Å². The van der Waals surface area contributed by atoms with E-state index in [1.807, 2.05) is 6.92 Å². The molecule has 1 unspecified atom stereocenters. The molecule has 1 aliphatic heterocycles. The second-order valence-corrected chi connectivity index (χ2v) is 4.64. The molecule has 0 saturated carbocycles. The van der Waals surface area contributed by atoms with Crippen LogP contribution in [0.1, 0.15) is 42.7 Å². The molecule has 1 aromatic rings. The molecule has 6 nitrogen and oxygen atoms in total. The first kappa shape index (κ1) is 13.2. The van der Waals surface area contributed by atoms with E-state index >= 15 is 0 Å². The molecule has 2 heterocycles. The largest absolute Gasteiger partial charge is 0.478 e. The number of carbonyl (C=O) groups is 2. The number of hydrogen-bond donors (Lipinski definition) is 2. The summed E-state index contributed by atoms with van der Waals surface area (Å²) in [5, 5.41) is 11.7. The van der Waals surface area contributed by atoms with Gasteiger partial charge in [0, 0.05) is 6.20 Å². The van der Waals surface area contributed by atoms with Gasteiger partial charge in [0.1, 0.15) is 11.2 Å². The van der Waals surface area contributed by atoms with Crippen LogP contribution in [0.3, 0.4) is 0 Å². The van der Waals surface area contributed by atoms with Crippen LogP contribution < -0.4 is 5.32 Å². The van der Waals surface area contributed by atoms with E-state index in [0.717, 1.165) is 6.42 Å². The van der Waals surface area contributed by atoms with Gasteiger partial charge in [0.15, 0.2) is 5.84 Å². The highest BCUT2D eigenvalue weighted by atomic mass is 16.4. The molecule has 100 valence electrons. The minimum Gasteiger partial charge on any atom is -0.478 e. The molecule has 0 aliphatic carbocycles. The number of aromatic carboxylic acids is 1. The predicted octanol–water partition coefficient (Wildman–Crippen LogP) is 1.22. The summed E-state index contributed by atoms with van der Waals surface area (Å²) < 4.78 is 0. The van der Waals surface area contributed by atoms with Crippen molar-refractivity contribution in [2.75, 3.05) is 0 Å². The van der Waals surface area contributed by atoms with Crippen LogP contribution in [0.5, 0.6) is 0 Å². The highest BCUT2D eigenvalue weighted by Gasteiger charge is 2.39. The van der Waals surface area contributed by atoms with E-state index in [1.54, 1.807) is 6.92 Å². The molecular weight excluding hydrogens is 246 g/mol. The maximum Gasteiger partial charge on any atom is 0.338 e. The van der Waals surface area contributed by atoms with E-state index in [2.05, 4.69) is 15.3 Å². The first-order valence-corrected chi connectivity index (χ1v) is 6.08. The molecular formula is C13H15N3O3. The highest BCUT2D eigenvalue weighted by Crippen LogP contribution is 2.24. The van der Waals surface area contributed by atoms with Crippen molar-refractivity contribution in [3.05, 3.63) is 29.6 Å². The quantitative estimate of drug-likeness (QED) is 0.852. The molecule has 1 aliphatic rings.